The Morgan fingerprint density at radius 3 is 2.23 bits per heavy atom. The van der Waals surface area contributed by atoms with E-state index in [4.69, 9.17) is 0 Å². The summed E-state index contributed by atoms with van der Waals surface area (Å²) in [7, 11) is -1.50. The molecule has 0 aliphatic carbocycles. The van der Waals surface area contributed by atoms with Gasteiger partial charge in [0, 0.05) is 46.7 Å². The van der Waals surface area contributed by atoms with Gasteiger partial charge in [0.2, 0.25) is 5.91 Å². The highest BCUT2D eigenvalue weighted by Gasteiger charge is 2.21. The Kier molecular flexibility index (Phi) is 9.34. The lowest BCUT2D eigenvalue weighted by Gasteiger charge is -2.36. The highest BCUT2D eigenvalue weighted by molar-refractivity contribution is 14.0. The molecule has 146 valence electrons. The summed E-state index contributed by atoms with van der Waals surface area (Å²) in [6.07, 6.45) is 0. The first kappa shape index (κ1) is 22.7. The van der Waals surface area contributed by atoms with Gasteiger partial charge in [0.05, 0.1) is 11.5 Å². The van der Waals surface area contributed by atoms with Crippen molar-refractivity contribution in [2.75, 3.05) is 45.5 Å². The standard InChI is InChI=1S/C17H26N4O3S.HI/c1-15(22)20-9-11-21(12-10-20)17(18-2)19-8-13-25(23,24)14-16-6-4-3-5-7-16;/h3-7H,8-14H2,1-2H3,(H,18,19);1H. The van der Waals surface area contributed by atoms with Crippen LogP contribution >= 0.6 is 24.0 Å². The predicted octanol–water partition coefficient (Wildman–Crippen LogP) is 0.959. The number of piperazine rings is 1. The molecule has 26 heavy (non-hydrogen) atoms. The maximum atomic E-state index is 12.2. The molecule has 0 unspecified atom stereocenters. The Morgan fingerprint density at radius 1 is 1.12 bits per heavy atom. The van der Waals surface area contributed by atoms with Gasteiger partial charge in [-0.1, -0.05) is 30.3 Å². The average Bonchev–Trinajstić information content (AvgIpc) is 2.59. The van der Waals surface area contributed by atoms with E-state index in [1.54, 1.807) is 18.9 Å². The summed E-state index contributed by atoms with van der Waals surface area (Å²) in [5, 5.41) is 3.12. The van der Waals surface area contributed by atoms with Crippen molar-refractivity contribution in [1.29, 1.82) is 0 Å². The molecule has 0 radical (unpaired) electrons. The smallest absolute Gasteiger partial charge is 0.219 e. The third-order valence-corrected chi connectivity index (χ3v) is 5.76. The van der Waals surface area contributed by atoms with E-state index < -0.39 is 9.84 Å². The van der Waals surface area contributed by atoms with Crippen molar-refractivity contribution in [1.82, 2.24) is 15.1 Å². The van der Waals surface area contributed by atoms with Crippen LogP contribution in [0.2, 0.25) is 0 Å². The van der Waals surface area contributed by atoms with E-state index in [9.17, 15) is 13.2 Å². The summed E-state index contributed by atoms with van der Waals surface area (Å²) in [5.41, 5.74) is 0.798. The first-order valence-corrected chi connectivity index (χ1v) is 10.2. The van der Waals surface area contributed by atoms with Crippen LogP contribution in [0.3, 0.4) is 0 Å². The molecule has 1 saturated heterocycles. The van der Waals surface area contributed by atoms with Crippen molar-refractivity contribution >= 4 is 45.7 Å². The number of sulfone groups is 1. The van der Waals surface area contributed by atoms with Gasteiger partial charge in [0.1, 0.15) is 0 Å². The number of halogens is 1. The van der Waals surface area contributed by atoms with Gasteiger partial charge < -0.3 is 15.1 Å². The Bertz CT molecular complexity index is 702. The minimum Gasteiger partial charge on any atom is -0.355 e. The topological polar surface area (TPSA) is 82.1 Å². The van der Waals surface area contributed by atoms with Gasteiger partial charge in [-0.05, 0) is 5.56 Å². The van der Waals surface area contributed by atoms with Crippen LogP contribution in [0.4, 0.5) is 0 Å². The van der Waals surface area contributed by atoms with E-state index in [-0.39, 0.29) is 41.4 Å². The Hall–Kier alpha value is -1.36. The molecule has 0 saturated carbocycles. The zero-order valence-corrected chi connectivity index (χ0v) is 18.4. The van der Waals surface area contributed by atoms with Crippen molar-refractivity contribution in [3.8, 4) is 0 Å². The van der Waals surface area contributed by atoms with Crippen LogP contribution in [0, 0.1) is 0 Å². The van der Waals surface area contributed by atoms with E-state index in [1.807, 2.05) is 35.2 Å². The monoisotopic (exact) mass is 494 g/mol. The lowest BCUT2D eigenvalue weighted by Crippen LogP contribution is -2.53. The van der Waals surface area contributed by atoms with Crippen LogP contribution in [0.5, 0.6) is 0 Å². The third kappa shape index (κ3) is 7.10. The zero-order valence-electron chi connectivity index (χ0n) is 15.2. The molecular weight excluding hydrogens is 467 g/mol. The number of benzene rings is 1. The van der Waals surface area contributed by atoms with E-state index >= 15 is 0 Å². The minimum atomic E-state index is -3.18. The van der Waals surface area contributed by atoms with Crippen molar-refractivity contribution in [2.45, 2.75) is 12.7 Å². The lowest BCUT2D eigenvalue weighted by molar-refractivity contribution is -0.130. The molecule has 0 atom stereocenters. The summed E-state index contributed by atoms with van der Waals surface area (Å²) in [5.74, 6) is 0.854. The van der Waals surface area contributed by atoms with Crippen LogP contribution in [0.1, 0.15) is 12.5 Å². The number of aliphatic imine (C=N–C) groups is 1. The van der Waals surface area contributed by atoms with Crippen molar-refractivity contribution in [3.05, 3.63) is 35.9 Å². The van der Waals surface area contributed by atoms with Crippen molar-refractivity contribution < 1.29 is 13.2 Å². The molecule has 1 aromatic rings. The second-order valence-electron chi connectivity index (χ2n) is 6.04. The van der Waals surface area contributed by atoms with Crippen molar-refractivity contribution in [2.24, 2.45) is 4.99 Å². The number of hydrogen-bond acceptors (Lipinski definition) is 4. The number of nitrogens with one attached hydrogen (secondary N) is 1. The molecule has 1 N–H and O–H groups in total. The quantitative estimate of drug-likeness (QED) is 0.375. The molecule has 1 amide bonds. The summed E-state index contributed by atoms with van der Waals surface area (Å²) in [4.78, 5) is 19.4. The molecule has 9 heteroatoms. The fraction of sp³-hybridized carbons (Fsp3) is 0.529. The highest BCUT2D eigenvalue weighted by Crippen LogP contribution is 2.06. The fourth-order valence-electron chi connectivity index (χ4n) is 2.78. The zero-order chi connectivity index (χ0) is 18.3. The molecule has 0 spiro atoms. The Morgan fingerprint density at radius 2 is 1.69 bits per heavy atom. The van der Waals surface area contributed by atoms with Crippen LogP contribution < -0.4 is 5.32 Å². The molecule has 1 fully saturated rings. The molecule has 0 aromatic heterocycles. The van der Waals surface area contributed by atoms with Gasteiger partial charge in [-0.2, -0.15) is 0 Å². The molecule has 1 heterocycles. The van der Waals surface area contributed by atoms with Crippen molar-refractivity contribution in [3.63, 3.8) is 0 Å². The summed E-state index contributed by atoms with van der Waals surface area (Å²) in [6, 6.07) is 9.18. The molecule has 1 aliphatic heterocycles. The van der Waals surface area contributed by atoms with E-state index in [0.29, 0.717) is 38.7 Å². The molecule has 7 nitrogen and oxygen atoms in total. The minimum absolute atomic E-state index is 0. The van der Waals surface area contributed by atoms with Crippen LogP contribution in [-0.2, 0) is 20.4 Å². The normalized spacial score (nSPS) is 15.4. The largest absolute Gasteiger partial charge is 0.355 e. The van der Waals surface area contributed by atoms with Gasteiger partial charge >= 0.3 is 0 Å². The molecular formula is C17H27IN4O3S. The second-order valence-corrected chi connectivity index (χ2v) is 8.23. The predicted molar refractivity (Wildman–Crippen MR) is 115 cm³/mol. The first-order valence-electron chi connectivity index (χ1n) is 8.37. The molecule has 1 aromatic carbocycles. The maximum absolute atomic E-state index is 12.2. The number of guanidine groups is 1. The number of rotatable bonds is 5. The van der Waals surface area contributed by atoms with Gasteiger partial charge in [-0.3, -0.25) is 9.79 Å². The molecule has 2 rings (SSSR count). The highest BCUT2D eigenvalue weighted by atomic mass is 127. The SMILES string of the molecule is CN=C(NCCS(=O)(=O)Cc1ccccc1)N1CCN(C(C)=O)CC1.I. The number of carbonyl (C=O) groups is 1. The molecule has 1 aliphatic rings. The van der Waals surface area contributed by atoms with Gasteiger partial charge in [-0.15, -0.1) is 24.0 Å². The number of amides is 1. The summed E-state index contributed by atoms with van der Waals surface area (Å²) < 4.78 is 24.5. The first-order chi connectivity index (χ1) is 11.9. The van der Waals surface area contributed by atoms with Gasteiger partial charge in [-0.25, -0.2) is 8.42 Å². The van der Waals surface area contributed by atoms with Crippen LogP contribution in [0.25, 0.3) is 0 Å². The number of nitrogens with zero attached hydrogens (tertiary/aromatic N) is 3. The fourth-order valence-corrected chi connectivity index (χ4v) is 4.04. The second kappa shape index (κ2) is 10.7. The maximum Gasteiger partial charge on any atom is 0.219 e. The lowest BCUT2D eigenvalue weighted by atomic mass is 10.2. The average molecular weight is 494 g/mol. The third-order valence-electron chi connectivity index (χ3n) is 4.16. The van der Waals surface area contributed by atoms with Gasteiger partial charge in [0.15, 0.2) is 15.8 Å². The van der Waals surface area contributed by atoms with Crippen LogP contribution in [0.15, 0.2) is 35.3 Å². The van der Waals surface area contributed by atoms with E-state index in [0.717, 1.165) is 5.56 Å². The Balaban J connectivity index is 0.00000338. The summed E-state index contributed by atoms with van der Waals surface area (Å²) >= 11 is 0. The Labute approximate surface area is 172 Å². The summed E-state index contributed by atoms with van der Waals surface area (Å²) in [6.45, 7) is 4.58. The number of carbonyl (C=O) groups excluding carboxylic acids is 1. The van der Waals surface area contributed by atoms with Crippen LogP contribution in [-0.4, -0.2) is 75.6 Å². The van der Waals surface area contributed by atoms with E-state index in [2.05, 4.69) is 10.3 Å². The number of hydrogen-bond donors (Lipinski definition) is 1. The van der Waals surface area contributed by atoms with Gasteiger partial charge in [0.25, 0.3) is 0 Å². The molecule has 0 bridgehead atoms. The van der Waals surface area contributed by atoms with E-state index in [1.165, 1.54) is 0 Å².